The van der Waals surface area contributed by atoms with Crippen LogP contribution < -0.4 is 5.32 Å². The number of carbonyl (C=O) groups excluding carboxylic acids is 2. The summed E-state index contributed by atoms with van der Waals surface area (Å²) in [5.41, 5.74) is -1.05. The standard InChI is InChI=1S/C18H19FN2O3S/c1-10(2)18(4,9-20)21-16(22)11(3)24-17(23)15-8-12-7-13(19)5-6-14(12)25-15/h5-8,10-11H,1-4H3,(H,21,22). The molecule has 0 saturated carbocycles. The fourth-order valence-electron chi connectivity index (χ4n) is 2.05. The number of rotatable bonds is 5. The van der Waals surface area contributed by atoms with E-state index in [-0.39, 0.29) is 16.6 Å². The van der Waals surface area contributed by atoms with Crippen molar-refractivity contribution in [1.29, 1.82) is 5.26 Å². The summed E-state index contributed by atoms with van der Waals surface area (Å²) < 4.78 is 19.2. The maximum atomic E-state index is 13.2. The van der Waals surface area contributed by atoms with Gasteiger partial charge in [-0.15, -0.1) is 11.3 Å². The summed E-state index contributed by atoms with van der Waals surface area (Å²) in [6, 6.07) is 7.83. The lowest BCUT2D eigenvalue weighted by Gasteiger charge is -2.28. The van der Waals surface area contributed by atoms with E-state index in [1.54, 1.807) is 13.0 Å². The van der Waals surface area contributed by atoms with Gasteiger partial charge >= 0.3 is 5.97 Å². The van der Waals surface area contributed by atoms with Crippen molar-refractivity contribution in [2.45, 2.75) is 39.3 Å². The third-order valence-corrected chi connectivity index (χ3v) is 5.20. The Morgan fingerprint density at radius 3 is 2.60 bits per heavy atom. The molecule has 0 aliphatic carbocycles. The zero-order chi connectivity index (χ0) is 18.8. The van der Waals surface area contributed by atoms with Crippen LogP contribution in [-0.2, 0) is 9.53 Å². The highest BCUT2D eigenvalue weighted by molar-refractivity contribution is 7.20. The summed E-state index contributed by atoms with van der Waals surface area (Å²) in [6.45, 7) is 6.69. The van der Waals surface area contributed by atoms with Crippen molar-refractivity contribution in [1.82, 2.24) is 5.32 Å². The van der Waals surface area contributed by atoms with Crippen molar-refractivity contribution < 1.29 is 18.7 Å². The largest absolute Gasteiger partial charge is 0.448 e. The summed E-state index contributed by atoms with van der Waals surface area (Å²) in [7, 11) is 0. The van der Waals surface area contributed by atoms with E-state index in [9.17, 15) is 19.2 Å². The first-order chi connectivity index (χ1) is 11.7. The molecule has 0 radical (unpaired) electrons. The minimum Gasteiger partial charge on any atom is -0.448 e. The van der Waals surface area contributed by atoms with Gasteiger partial charge in [0.1, 0.15) is 16.2 Å². The van der Waals surface area contributed by atoms with Crippen LogP contribution in [-0.4, -0.2) is 23.5 Å². The topological polar surface area (TPSA) is 79.2 Å². The van der Waals surface area contributed by atoms with Crippen LogP contribution in [0.1, 0.15) is 37.4 Å². The Balaban J connectivity index is 2.08. The molecule has 0 aliphatic heterocycles. The molecule has 2 rings (SSSR count). The Morgan fingerprint density at radius 2 is 2.00 bits per heavy atom. The van der Waals surface area contributed by atoms with Gasteiger partial charge in [-0.2, -0.15) is 5.26 Å². The van der Waals surface area contributed by atoms with Crippen LogP contribution >= 0.6 is 11.3 Å². The Hall–Kier alpha value is -2.46. The number of hydrogen-bond acceptors (Lipinski definition) is 5. The molecule has 2 atom stereocenters. The number of thiophene rings is 1. The Kier molecular flexibility index (Phi) is 5.43. The quantitative estimate of drug-likeness (QED) is 0.824. The molecule has 1 amide bonds. The van der Waals surface area contributed by atoms with E-state index in [0.717, 1.165) is 4.70 Å². The Labute approximate surface area is 149 Å². The molecule has 5 nitrogen and oxygen atoms in total. The number of amides is 1. The molecule has 0 fully saturated rings. The third kappa shape index (κ3) is 4.15. The number of carbonyl (C=O) groups is 2. The van der Waals surface area contributed by atoms with Crippen LogP contribution in [0.2, 0.25) is 0 Å². The first-order valence-electron chi connectivity index (χ1n) is 7.79. The van der Waals surface area contributed by atoms with E-state index in [1.165, 1.54) is 36.5 Å². The van der Waals surface area contributed by atoms with Crippen molar-refractivity contribution in [2.24, 2.45) is 5.92 Å². The minimum absolute atomic E-state index is 0.109. The van der Waals surface area contributed by atoms with Crippen LogP contribution in [0.5, 0.6) is 0 Å². The first kappa shape index (κ1) is 18.9. The minimum atomic E-state index is -1.05. The molecule has 1 aromatic heterocycles. The molecule has 0 saturated heterocycles. The second kappa shape index (κ2) is 7.19. The Bertz CT molecular complexity index is 856. The lowest BCUT2D eigenvalue weighted by molar-refractivity contribution is -0.130. The highest BCUT2D eigenvalue weighted by Gasteiger charge is 2.32. The van der Waals surface area contributed by atoms with E-state index in [2.05, 4.69) is 11.4 Å². The predicted molar refractivity (Wildman–Crippen MR) is 93.7 cm³/mol. The van der Waals surface area contributed by atoms with Crippen LogP contribution in [0.3, 0.4) is 0 Å². The summed E-state index contributed by atoms with van der Waals surface area (Å²) in [5, 5.41) is 12.5. The van der Waals surface area contributed by atoms with E-state index in [1.807, 2.05) is 13.8 Å². The molecule has 0 aliphatic rings. The van der Waals surface area contributed by atoms with Gasteiger partial charge in [-0.3, -0.25) is 4.79 Å². The number of esters is 1. The van der Waals surface area contributed by atoms with E-state index >= 15 is 0 Å². The predicted octanol–water partition coefficient (Wildman–Crippen LogP) is 3.64. The van der Waals surface area contributed by atoms with Gasteiger partial charge < -0.3 is 10.1 Å². The molecule has 25 heavy (non-hydrogen) atoms. The number of nitrogens with one attached hydrogen (secondary N) is 1. The van der Waals surface area contributed by atoms with Gasteiger partial charge in [0.25, 0.3) is 5.91 Å². The zero-order valence-electron chi connectivity index (χ0n) is 14.4. The highest BCUT2D eigenvalue weighted by Crippen LogP contribution is 2.27. The molecule has 2 aromatic rings. The fourth-order valence-corrected chi connectivity index (χ4v) is 2.97. The number of nitriles is 1. The number of hydrogen-bond donors (Lipinski definition) is 1. The van der Waals surface area contributed by atoms with Crippen molar-refractivity contribution in [2.75, 3.05) is 0 Å². The number of ether oxygens (including phenoxy) is 1. The number of halogens is 1. The highest BCUT2D eigenvalue weighted by atomic mass is 32.1. The third-order valence-electron chi connectivity index (χ3n) is 4.10. The fraction of sp³-hybridized carbons (Fsp3) is 0.389. The SMILES string of the molecule is CC(OC(=O)c1cc2cc(F)ccc2s1)C(=O)NC(C)(C#N)C(C)C. The average Bonchev–Trinajstić information content (AvgIpc) is 2.97. The smallest absolute Gasteiger partial charge is 0.349 e. The molecule has 7 heteroatoms. The summed E-state index contributed by atoms with van der Waals surface area (Å²) in [6.07, 6.45) is -1.05. The summed E-state index contributed by atoms with van der Waals surface area (Å²) in [4.78, 5) is 24.7. The van der Waals surface area contributed by atoms with Crippen molar-refractivity contribution >= 4 is 33.3 Å². The normalized spacial score (nSPS) is 14.6. The van der Waals surface area contributed by atoms with Crippen molar-refractivity contribution in [3.8, 4) is 6.07 Å². The lowest BCUT2D eigenvalue weighted by Crippen LogP contribution is -2.52. The van der Waals surface area contributed by atoms with Gasteiger partial charge in [0, 0.05) is 4.70 Å². The summed E-state index contributed by atoms with van der Waals surface area (Å²) >= 11 is 1.17. The molecule has 0 bridgehead atoms. The maximum Gasteiger partial charge on any atom is 0.349 e. The van der Waals surface area contributed by atoms with Crippen LogP contribution in [0, 0.1) is 23.1 Å². The molecule has 1 heterocycles. The molecule has 132 valence electrons. The average molecular weight is 362 g/mol. The van der Waals surface area contributed by atoms with Gasteiger partial charge in [-0.25, -0.2) is 9.18 Å². The van der Waals surface area contributed by atoms with E-state index in [4.69, 9.17) is 4.74 Å². The zero-order valence-corrected chi connectivity index (χ0v) is 15.2. The van der Waals surface area contributed by atoms with Gasteiger partial charge in [0.15, 0.2) is 6.10 Å². The van der Waals surface area contributed by atoms with Gasteiger partial charge in [-0.1, -0.05) is 13.8 Å². The van der Waals surface area contributed by atoms with E-state index < -0.39 is 23.5 Å². The second-order valence-electron chi connectivity index (χ2n) is 6.30. The van der Waals surface area contributed by atoms with Crippen molar-refractivity contribution in [3.05, 3.63) is 35.0 Å². The molecule has 1 N–H and O–H groups in total. The Morgan fingerprint density at radius 1 is 1.32 bits per heavy atom. The molecular formula is C18H19FN2O3S. The number of fused-ring (bicyclic) bond motifs is 1. The van der Waals surface area contributed by atoms with Crippen LogP contribution in [0.15, 0.2) is 24.3 Å². The molecule has 0 spiro atoms. The van der Waals surface area contributed by atoms with Crippen molar-refractivity contribution in [3.63, 3.8) is 0 Å². The van der Waals surface area contributed by atoms with Gasteiger partial charge in [0.2, 0.25) is 0 Å². The second-order valence-corrected chi connectivity index (χ2v) is 7.38. The lowest BCUT2D eigenvalue weighted by atomic mass is 9.90. The maximum absolute atomic E-state index is 13.2. The molecule has 1 aromatic carbocycles. The van der Waals surface area contributed by atoms with E-state index in [0.29, 0.717) is 5.39 Å². The van der Waals surface area contributed by atoms with Crippen LogP contribution in [0.25, 0.3) is 10.1 Å². The van der Waals surface area contributed by atoms with Crippen LogP contribution in [0.4, 0.5) is 4.39 Å². The number of benzene rings is 1. The first-order valence-corrected chi connectivity index (χ1v) is 8.61. The van der Waals surface area contributed by atoms with Gasteiger partial charge in [-0.05, 0) is 49.4 Å². The molecular weight excluding hydrogens is 343 g/mol. The summed E-state index contributed by atoms with van der Waals surface area (Å²) in [5.74, 6) is -1.70. The van der Waals surface area contributed by atoms with Gasteiger partial charge in [0.05, 0.1) is 6.07 Å². The molecule has 2 unspecified atom stereocenters. The number of nitrogens with zero attached hydrogens (tertiary/aromatic N) is 1. The monoisotopic (exact) mass is 362 g/mol.